The van der Waals surface area contributed by atoms with Gasteiger partial charge < -0.3 is 10.2 Å². The van der Waals surface area contributed by atoms with E-state index in [0.29, 0.717) is 12.2 Å². The van der Waals surface area contributed by atoms with E-state index >= 15 is 0 Å². The summed E-state index contributed by atoms with van der Waals surface area (Å²) < 4.78 is 24.7. The quantitative estimate of drug-likeness (QED) is 0.731. The highest BCUT2D eigenvalue weighted by Crippen LogP contribution is 2.13. The summed E-state index contributed by atoms with van der Waals surface area (Å²) in [5, 5.41) is 2.83. The Morgan fingerprint density at radius 1 is 1.04 bits per heavy atom. The minimum absolute atomic E-state index is 0.194. The van der Waals surface area contributed by atoms with Crippen molar-refractivity contribution in [2.45, 2.75) is 6.54 Å². The van der Waals surface area contributed by atoms with Crippen molar-refractivity contribution in [1.29, 1.82) is 0 Å². The number of anilines is 2. The van der Waals surface area contributed by atoms with E-state index in [1.54, 1.807) is 30.3 Å². The van der Waals surface area contributed by atoms with E-state index in [1.165, 1.54) is 6.08 Å². The fraction of sp³-hybridized carbons (Fsp3) is 0.211. The Morgan fingerprint density at radius 3 is 2.19 bits per heavy atom. The fourth-order valence-corrected chi connectivity index (χ4v) is 2.77. The van der Waals surface area contributed by atoms with Gasteiger partial charge in [-0.3, -0.25) is 9.52 Å². The first-order chi connectivity index (χ1) is 12.2. The minimum Gasteiger partial charge on any atom is -0.378 e. The Morgan fingerprint density at radius 2 is 1.65 bits per heavy atom. The molecule has 0 aliphatic carbocycles. The van der Waals surface area contributed by atoms with Crippen LogP contribution >= 0.6 is 0 Å². The van der Waals surface area contributed by atoms with E-state index < -0.39 is 10.0 Å². The predicted octanol–water partition coefficient (Wildman–Crippen LogP) is 2.45. The molecule has 0 saturated carbocycles. The topological polar surface area (TPSA) is 78.5 Å². The third kappa shape index (κ3) is 6.60. The molecular formula is C19H23N3O3S. The van der Waals surface area contributed by atoms with Gasteiger partial charge in [0.25, 0.3) is 0 Å². The summed E-state index contributed by atoms with van der Waals surface area (Å²) in [6, 6.07) is 14.7. The second-order valence-electron chi connectivity index (χ2n) is 6.11. The number of carbonyl (C=O) groups excluding carboxylic acids is 1. The lowest BCUT2D eigenvalue weighted by Crippen LogP contribution is -2.20. The third-order valence-corrected chi connectivity index (χ3v) is 4.17. The number of amides is 1. The van der Waals surface area contributed by atoms with Crippen LogP contribution in [0.5, 0.6) is 0 Å². The number of nitrogens with zero attached hydrogens (tertiary/aromatic N) is 1. The van der Waals surface area contributed by atoms with Crippen molar-refractivity contribution >= 4 is 33.4 Å². The summed E-state index contributed by atoms with van der Waals surface area (Å²) in [5.41, 5.74) is 3.41. The number of sulfonamides is 1. The van der Waals surface area contributed by atoms with Crippen LogP contribution in [0.4, 0.5) is 11.4 Å². The van der Waals surface area contributed by atoms with Gasteiger partial charge in [-0.15, -0.1) is 0 Å². The fourth-order valence-electron chi connectivity index (χ4n) is 2.21. The van der Waals surface area contributed by atoms with E-state index in [2.05, 4.69) is 10.0 Å². The van der Waals surface area contributed by atoms with Crippen LogP contribution in [0.25, 0.3) is 6.08 Å². The normalized spacial score (nSPS) is 11.3. The van der Waals surface area contributed by atoms with Gasteiger partial charge in [-0.05, 0) is 41.5 Å². The number of hydrogen-bond donors (Lipinski definition) is 2. The van der Waals surface area contributed by atoms with Crippen LogP contribution < -0.4 is 14.9 Å². The van der Waals surface area contributed by atoms with Gasteiger partial charge in [-0.1, -0.05) is 24.3 Å². The van der Waals surface area contributed by atoms with E-state index in [9.17, 15) is 13.2 Å². The van der Waals surface area contributed by atoms with Crippen molar-refractivity contribution in [2.24, 2.45) is 0 Å². The molecule has 2 aromatic carbocycles. The van der Waals surface area contributed by atoms with Gasteiger partial charge in [0.15, 0.2) is 0 Å². The van der Waals surface area contributed by atoms with Gasteiger partial charge in [0.05, 0.1) is 6.26 Å². The summed E-state index contributed by atoms with van der Waals surface area (Å²) in [5.74, 6) is -0.194. The van der Waals surface area contributed by atoms with E-state index in [-0.39, 0.29) is 5.91 Å². The second-order valence-corrected chi connectivity index (χ2v) is 7.86. The van der Waals surface area contributed by atoms with E-state index in [0.717, 1.165) is 23.1 Å². The molecule has 7 heteroatoms. The van der Waals surface area contributed by atoms with Gasteiger partial charge in [-0.2, -0.15) is 0 Å². The van der Waals surface area contributed by atoms with Crippen LogP contribution in [0.2, 0.25) is 0 Å². The van der Waals surface area contributed by atoms with Crippen molar-refractivity contribution in [3.63, 3.8) is 0 Å². The lowest BCUT2D eigenvalue weighted by Gasteiger charge is -2.12. The Labute approximate surface area is 154 Å². The molecule has 0 saturated heterocycles. The molecule has 1 amide bonds. The largest absolute Gasteiger partial charge is 0.378 e. The minimum atomic E-state index is -3.29. The number of nitrogens with one attached hydrogen (secondary N) is 2. The lowest BCUT2D eigenvalue weighted by molar-refractivity contribution is -0.116. The molecule has 0 radical (unpaired) electrons. The Kier molecular flexibility index (Phi) is 6.41. The van der Waals surface area contributed by atoms with Crippen molar-refractivity contribution in [3.8, 4) is 0 Å². The van der Waals surface area contributed by atoms with Crippen molar-refractivity contribution < 1.29 is 13.2 Å². The zero-order valence-electron chi connectivity index (χ0n) is 15.1. The SMILES string of the molecule is CN(C)c1ccc(CNC(=O)/C=C/c2ccc(NS(C)(=O)=O)cc2)cc1. The molecule has 0 fully saturated rings. The number of hydrogen-bond acceptors (Lipinski definition) is 4. The Hall–Kier alpha value is -2.80. The molecule has 0 unspecified atom stereocenters. The Bertz CT molecular complexity index is 871. The average molecular weight is 373 g/mol. The molecule has 2 N–H and O–H groups in total. The molecule has 26 heavy (non-hydrogen) atoms. The first kappa shape index (κ1) is 19.5. The molecule has 0 aromatic heterocycles. The molecule has 0 bridgehead atoms. The average Bonchev–Trinajstić information content (AvgIpc) is 2.58. The number of carbonyl (C=O) groups is 1. The highest BCUT2D eigenvalue weighted by Gasteiger charge is 2.01. The molecule has 2 aromatic rings. The van der Waals surface area contributed by atoms with E-state index in [1.807, 2.05) is 43.3 Å². The van der Waals surface area contributed by atoms with Gasteiger partial charge in [0.1, 0.15) is 0 Å². The van der Waals surface area contributed by atoms with Crippen molar-refractivity contribution in [1.82, 2.24) is 5.32 Å². The zero-order chi connectivity index (χ0) is 19.2. The van der Waals surface area contributed by atoms with Gasteiger partial charge in [0, 0.05) is 38.1 Å². The zero-order valence-corrected chi connectivity index (χ0v) is 15.9. The summed E-state index contributed by atoms with van der Waals surface area (Å²) in [7, 11) is 0.663. The van der Waals surface area contributed by atoms with Crippen LogP contribution in [0.1, 0.15) is 11.1 Å². The van der Waals surface area contributed by atoms with E-state index in [4.69, 9.17) is 0 Å². The molecular weight excluding hydrogens is 350 g/mol. The first-order valence-corrected chi connectivity index (χ1v) is 9.92. The van der Waals surface area contributed by atoms with Crippen LogP contribution in [0.3, 0.4) is 0 Å². The first-order valence-electron chi connectivity index (χ1n) is 8.03. The molecule has 0 aliphatic heterocycles. The van der Waals surface area contributed by atoms with Gasteiger partial charge in [-0.25, -0.2) is 8.42 Å². The maximum Gasteiger partial charge on any atom is 0.244 e. The molecule has 0 heterocycles. The Balaban J connectivity index is 1.87. The number of rotatable bonds is 7. The molecule has 0 spiro atoms. The highest BCUT2D eigenvalue weighted by molar-refractivity contribution is 7.92. The van der Waals surface area contributed by atoms with Gasteiger partial charge >= 0.3 is 0 Å². The maximum absolute atomic E-state index is 11.9. The van der Waals surface area contributed by atoms with Crippen LogP contribution in [-0.4, -0.2) is 34.7 Å². The standard InChI is InChI=1S/C19H23N3O3S/c1-22(2)18-11-6-16(7-12-18)14-20-19(23)13-8-15-4-9-17(10-5-15)21-26(3,24)25/h4-13,21H,14H2,1-3H3,(H,20,23)/b13-8+. The van der Waals surface area contributed by atoms with Crippen LogP contribution in [0.15, 0.2) is 54.6 Å². The number of benzene rings is 2. The van der Waals surface area contributed by atoms with Crippen LogP contribution in [0, 0.1) is 0 Å². The summed E-state index contributed by atoms with van der Waals surface area (Å²) >= 11 is 0. The molecule has 2 rings (SSSR count). The molecule has 0 atom stereocenters. The molecule has 138 valence electrons. The van der Waals surface area contributed by atoms with Crippen LogP contribution in [-0.2, 0) is 21.4 Å². The second kappa shape index (κ2) is 8.53. The summed E-state index contributed by atoms with van der Waals surface area (Å²) in [6.45, 7) is 0.452. The molecule has 6 nitrogen and oxygen atoms in total. The monoisotopic (exact) mass is 373 g/mol. The summed E-state index contributed by atoms with van der Waals surface area (Å²) in [6.07, 6.45) is 4.22. The maximum atomic E-state index is 11.9. The highest BCUT2D eigenvalue weighted by atomic mass is 32.2. The molecule has 0 aliphatic rings. The summed E-state index contributed by atoms with van der Waals surface area (Å²) in [4.78, 5) is 13.9. The third-order valence-electron chi connectivity index (χ3n) is 3.56. The van der Waals surface area contributed by atoms with Crippen molar-refractivity contribution in [2.75, 3.05) is 30.0 Å². The predicted molar refractivity (Wildman–Crippen MR) is 107 cm³/mol. The van der Waals surface area contributed by atoms with Gasteiger partial charge in [0.2, 0.25) is 15.9 Å². The lowest BCUT2D eigenvalue weighted by atomic mass is 10.2. The van der Waals surface area contributed by atoms with Crippen molar-refractivity contribution in [3.05, 3.63) is 65.7 Å². The smallest absolute Gasteiger partial charge is 0.244 e.